The Kier molecular flexibility index (Phi) is 6.50. The largest absolute Gasteiger partial charge is 0.444 e. The van der Waals surface area contributed by atoms with Crippen molar-refractivity contribution in [3.63, 3.8) is 0 Å². The van der Waals surface area contributed by atoms with Crippen molar-refractivity contribution in [2.75, 3.05) is 13.1 Å². The molecular formula is C17H26F2N2O2. The summed E-state index contributed by atoms with van der Waals surface area (Å²) in [5.41, 5.74) is 1.31. The van der Waals surface area contributed by atoms with Crippen molar-refractivity contribution < 1.29 is 18.3 Å². The molecule has 0 saturated heterocycles. The van der Waals surface area contributed by atoms with E-state index in [1.54, 1.807) is 20.8 Å². The van der Waals surface area contributed by atoms with Gasteiger partial charge in [-0.05, 0) is 40.2 Å². The molecule has 1 unspecified atom stereocenters. The highest BCUT2D eigenvalue weighted by Crippen LogP contribution is 2.17. The fourth-order valence-corrected chi connectivity index (χ4v) is 1.94. The van der Waals surface area contributed by atoms with Crippen LogP contribution < -0.4 is 10.6 Å². The summed E-state index contributed by atoms with van der Waals surface area (Å²) >= 11 is 0. The maximum absolute atomic E-state index is 13.8. The number of carbonyl (C=O) groups is 1. The number of benzene rings is 1. The van der Waals surface area contributed by atoms with Crippen molar-refractivity contribution in [2.24, 2.45) is 0 Å². The molecule has 1 aromatic carbocycles. The topological polar surface area (TPSA) is 50.4 Å². The number of alkyl halides is 2. The summed E-state index contributed by atoms with van der Waals surface area (Å²) in [6, 6.07) is 7.49. The SMILES string of the molecule is Cc1cccc(C(C)NCC(F)(F)CNC(=O)OC(C)(C)C)c1. The first-order valence-corrected chi connectivity index (χ1v) is 7.63. The highest BCUT2D eigenvalue weighted by molar-refractivity contribution is 5.67. The van der Waals surface area contributed by atoms with Gasteiger partial charge in [-0.15, -0.1) is 0 Å². The van der Waals surface area contributed by atoms with Gasteiger partial charge >= 0.3 is 6.09 Å². The van der Waals surface area contributed by atoms with Crippen molar-refractivity contribution in [3.05, 3.63) is 35.4 Å². The predicted octanol–water partition coefficient (Wildman–Crippen LogP) is 3.81. The summed E-state index contributed by atoms with van der Waals surface area (Å²) in [5, 5.41) is 4.90. The van der Waals surface area contributed by atoms with Crippen molar-refractivity contribution in [2.45, 2.75) is 52.2 Å². The van der Waals surface area contributed by atoms with Crippen LogP contribution >= 0.6 is 0 Å². The molecule has 0 fully saturated rings. The van der Waals surface area contributed by atoms with E-state index in [9.17, 15) is 13.6 Å². The Balaban J connectivity index is 2.44. The van der Waals surface area contributed by atoms with E-state index in [-0.39, 0.29) is 6.04 Å². The van der Waals surface area contributed by atoms with Crippen LogP contribution in [-0.4, -0.2) is 30.7 Å². The maximum Gasteiger partial charge on any atom is 0.407 e. The van der Waals surface area contributed by atoms with E-state index in [4.69, 9.17) is 4.74 Å². The number of hydrogen-bond donors (Lipinski definition) is 2. The van der Waals surface area contributed by atoms with Crippen LogP contribution in [0.25, 0.3) is 0 Å². The molecule has 0 saturated carbocycles. The van der Waals surface area contributed by atoms with E-state index in [1.807, 2.05) is 38.1 Å². The molecule has 0 heterocycles. The highest BCUT2D eigenvalue weighted by atomic mass is 19.3. The van der Waals surface area contributed by atoms with Crippen LogP contribution in [0, 0.1) is 6.92 Å². The molecule has 2 N–H and O–H groups in total. The lowest BCUT2D eigenvalue weighted by Gasteiger charge is -2.23. The number of nitrogens with one attached hydrogen (secondary N) is 2. The summed E-state index contributed by atoms with van der Waals surface area (Å²) in [5.74, 6) is -3.06. The van der Waals surface area contributed by atoms with Gasteiger partial charge in [-0.2, -0.15) is 0 Å². The van der Waals surface area contributed by atoms with E-state index < -0.39 is 30.7 Å². The molecule has 1 rings (SSSR count). The summed E-state index contributed by atoms with van der Waals surface area (Å²) in [6.07, 6.45) is -0.844. The number of halogens is 2. The van der Waals surface area contributed by atoms with E-state index in [0.717, 1.165) is 11.1 Å². The Labute approximate surface area is 136 Å². The number of hydrogen-bond acceptors (Lipinski definition) is 3. The van der Waals surface area contributed by atoms with Crippen LogP contribution in [0.4, 0.5) is 13.6 Å². The van der Waals surface area contributed by atoms with Crippen LogP contribution in [0.15, 0.2) is 24.3 Å². The van der Waals surface area contributed by atoms with E-state index in [0.29, 0.717) is 0 Å². The Bertz CT molecular complexity index is 528. The Morgan fingerprint density at radius 1 is 1.26 bits per heavy atom. The minimum atomic E-state index is -3.06. The quantitative estimate of drug-likeness (QED) is 0.835. The molecule has 0 spiro atoms. The zero-order valence-electron chi connectivity index (χ0n) is 14.4. The lowest BCUT2D eigenvalue weighted by Crippen LogP contribution is -2.45. The second-order valence-electron chi connectivity index (χ2n) is 6.73. The summed E-state index contributed by atoms with van der Waals surface area (Å²) < 4.78 is 32.6. The van der Waals surface area contributed by atoms with Gasteiger partial charge in [-0.1, -0.05) is 29.8 Å². The van der Waals surface area contributed by atoms with Gasteiger partial charge in [0.2, 0.25) is 0 Å². The number of carbonyl (C=O) groups excluding carboxylic acids is 1. The molecule has 1 atom stereocenters. The van der Waals surface area contributed by atoms with Gasteiger partial charge in [-0.25, -0.2) is 13.6 Å². The lowest BCUT2D eigenvalue weighted by molar-refractivity contribution is -0.00525. The normalized spacial score (nSPS) is 13.5. The average molecular weight is 328 g/mol. The second-order valence-corrected chi connectivity index (χ2v) is 6.73. The number of aryl methyl sites for hydroxylation is 1. The maximum atomic E-state index is 13.8. The van der Waals surface area contributed by atoms with Gasteiger partial charge < -0.3 is 15.4 Å². The molecule has 6 heteroatoms. The van der Waals surface area contributed by atoms with Crippen molar-refractivity contribution in [1.82, 2.24) is 10.6 Å². The van der Waals surface area contributed by atoms with E-state index in [2.05, 4.69) is 10.6 Å². The molecule has 0 aromatic heterocycles. The highest BCUT2D eigenvalue weighted by Gasteiger charge is 2.30. The van der Waals surface area contributed by atoms with Crippen LogP contribution in [0.5, 0.6) is 0 Å². The first-order valence-electron chi connectivity index (χ1n) is 7.63. The van der Waals surface area contributed by atoms with E-state index >= 15 is 0 Å². The van der Waals surface area contributed by atoms with Gasteiger partial charge in [-0.3, -0.25) is 0 Å². The molecule has 4 nitrogen and oxygen atoms in total. The molecule has 0 aliphatic rings. The molecule has 1 aromatic rings. The Morgan fingerprint density at radius 3 is 2.48 bits per heavy atom. The summed E-state index contributed by atoms with van der Waals surface area (Å²) in [7, 11) is 0. The molecule has 0 radical (unpaired) electrons. The molecule has 23 heavy (non-hydrogen) atoms. The van der Waals surface area contributed by atoms with Gasteiger partial charge in [0.1, 0.15) is 5.60 Å². The minimum Gasteiger partial charge on any atom is -0.444 e. The van der Waals surface area contributed by atoms with Crippen LogP contribution in [0.1, 0.15) is 44.9 Å². The van der Waals surface area contributed by atoms with Gasteiger partial charge in [0, 0.05) is 6.04 Å². The second kappa shape index (κ2) is 7.73. The molecule has 1 amide bonds. The lowest BCUT2D eigenvalue weighted by atomic mass is 10.1. The van der Waals surface area contributed by atoms with Gasteiger partial charge in [0.15, 0.2) is 0 Å². The van der Waals surface area contributed by atoms with E-state index in [1.165, 1.54) is 0 Å². The Morgan fingerprint density at radius 2 is 1.91 bits per heavy atom. The first kappa shape index (κ1) is 19.4. The smallest absolute Gasteiger partial charge is 0.407 e. The molecule has 130 valence electrons. The predicted molar refractivity (Wildman–Crippen MR) is 86.8 cm³/mol. The fraction of sp³-hybridized carbons (Fsp3) is 0.588. The standard InChI is InChI=1S/C17H26F2N2O2/c1-12-7-6-8-14(9-12)13(2)20-10-17(18,19)11-21-15(22)23-16(3,4)5/h6-9,13,20H,10-11H2,1-5H3,(H,21,22). The van der Waals surface area contributed by atoms with Gasteiger partial charge in [0.05, 0.1) is 13.1 Å². The van der Waals surface area contributed by atoms with Crippen molar-refractivity contribution >= 4 is 6.09 Å². The number of amides is 1. The average Bonchev–Trinajstić information content (AvgIpc) is 2.41. The molecule has 0 bridgehead atoms. The molecular weight excluding hydrogens is 302 g/mol. The van der Waals surface area contributed by atoms with Crippen LogP contribution in [-0.2, 0) is 4.74 Å². The number of ether oxygens (including phenoxy) is 1. The fourth-order valence-electron chi connectivity index (χ4n) is 1.94. The minimum absolute atomic E-state index is 0.206. The third-order valence-electron chi connectivity index (χ3n) is 3.10. The summed E-state index contributed by atoms with van der Waals surface area (Å²) in [4.78, 5) is 11.4. The molecule has 0 aliphatic carbocycles. The number of alkyl carbamates (subject to hydrolysis) is 1. The third kappa shape index (κ3) is 7.93. The monoisotopic (exact) mass is 328 g/mol. The van der Waals surface area contributed by atoms with Crippen LogP contribution in [0.2, 0.25) is 0 Å². The van der Waals surface area contributed by atoms with Crippen molar-refractivity contribution in [3.8, 4) is 0 Å². The molecule has 0 aliphatic heterocycles. The van der Waals surface area contributed by atoms with Gasteiger partial charge in [0.25, 0.3) is 5.92 Å². The van der Waals surface area contributed by atoms with Crippen LogP contribution in [0.3, 0.4) is 0 Å². The zero-order chi connectivity index (χ0) is 17.7. The summed E-state index contributed by atoms with van der Waals surface area (Å²) in [6.45, 7) is 7.51. The van der Waals surface area contributed by atoms with Crippen molar-refractivity contribution in [1.29, 1.82) is 0 Å². The zero-order valence-corrected chi connectivity index (χ0v) is 14.4. The number of rotatable bonds is 6. The third-order valence-corrected chi connectivity index (χ3v) is 3.10. The Hall–Kier alpha value is -1.69. The first-order chi connectivity index (χ1) is 10.5.